The van der Waals surface area contributed by atoms with E-state index in [0.29, 0.717) is 11.7 Å². The summed E-state index contributed by atoms with van der Waals surface area (Å²) in [6.07, 6.45) is 0.955. The van der Waals surface area contributed by atoms with E-state index in [9.17, 15) is 4.79 Å². The molecule has 0 aromatic heterocycles. The van der Waals surface area contributed by atoms with Crippen molar-refractivity contribution in [3.05, 3.63) is 71.8 Å². The minimum atomic E-state index is -0.201. The van der Waals surface area contributed by atoms with E-state index in [1.54, 1.807) is 6.92 Å². The van der Waals surface area contributed by atoms with Crippen molar-refractivity contribution in [3.63, 3.8) is 0 Å². The molecule has 5 heteroatoms. The van der Waals surface area contributed by atoms with Gasteiger partial charge in [-0.1, -0.05) is 60.7 Å². The van der Waals surface area contributed by atoms with E-state index in [2.05, 4.69) is 70.9 Å². The van der Waals surface area contributed by atoms with Crippen molar-refractivity contribution in [2.45, 2.75) is 25.9 Å². The molecular formula is C22H28Cl2N2O. The summed E-state index contributed by atoms with van der Waals surface area (Å²) in [5.41, 5.74) is 2.45. The average Bonchev–Trinajstić information content (AvgIpc) is 3.04. The first-order valence-corrected chi connectivity index (χ1v) is 9.25. The summed E-state index contributed by atoms with van der Waals surface area (Å²) in [7, 11) is 0. The molecule has 3 nitrogen and oxygen atoms in total. The molecule has 4 rings (SSSR count). The molecule has 0 spiro atoms. The molecule has 27 heavy (non-hydrogen) atoms. The number of likely N-dealkylation sites (tertiary alicyclic amines) is 1. The van der Waals surface area contributed by atoms with Gasteiger partial charge in [0.2, 0.25) is 0 Å². The molecule has 2 aromatic rings. The number of carbonyl (C=O) groups excluding carboxylic acids is 1. The number of Topliss-reactive ketones (excluding diaryl/α,β-unsaturated/α-hetero) is 1. The summed E-state index contributed by atoms with van der Waals surface area (Å²) >= 11 is 0. The number of halogens is 2. The van der Waals surface area contributed by atoms with Crippen LogP contribution in [0.5, 0.6) is 0 Å². The smallest absolute Gasteiger partial charge is 0.137 e. The van der Waals surface area contributed by atoms with E-state index < -0.39 is 0 Å². The second-order valence-electron chi connectivity index (χ2n) is 7.56. The Morgan fingerprint density at radius 3 is 2.33 bits per heavy atom. The summed E-state index contributed by atoms with van der Waals surface area (Å²) in [6, 6.07) is 21.5. The minimum Gasteiger partial charge on any atom is -0.309 e. The summed E-state index contributed by atoms with van der Waals surface area (Å²) < 4.78 is 0. The first-order valence-electron chi connectivity index (χ1n) is 9.25. The fourth-order valence-corrected chi connectivity index (χ4v) is 4.72. The highest BCUT2D eigenvalue weighted by Crippen LogP contribution is 2.48. The SMILES string of the molecule is CC(=O)[C@@]12CCN(Cc3ccccc3)C[C@@H]1[C@@H](c1ccccc1)NC2.Cl.Cl. The van der Waals surface area contributed by atoms with Gasteiger partial charge in [0.25, 0.3) is 0 Å². The number of hydrogen-bond donors (Lipinski definition) is 1. The van der Waals surface area contributed by atoms with Crippen LogP contribution in [0.15, 0.2) is 60.7 Å². The van der Waals surface area contributed by atoms with Crippen LogP contribution in [0.3, 0.4) is 0 Å². The fourth-order valence-electron chi connectivity index (χ4n) is 4.72. The van der Waals surface area contributed by atoms with Gasteiger partial charge < -0.3 is 5.32 Å². The zero-order valence-electron chi connectivity index (χ0n) is 15.6. The molecule has 0 saturated carbocycles. The van der Waals surface area contributed by atoms with Gasteiger partial charge in [-0.3, -0.25) is 9.69 Å². The number of ketones is 1. The van der Waals surface area contributed by atoms with Gasteiger partial charge in [-0.25, -0.2) is 0 Å². The number of rotatable bonds is 4. The molecule has 2 aliphatic rings. The van der Waals surface area contributed by atoms with Crippen LogP contribution < -0.4 is 5.32 Å². The van der Waals surface area contributed by atoms with E-state index in [1.165, 1.54) is 11.1 Å². The van der Waals surface area contributed by atoms with Crippen LogP contribution in [0.25, 0.3) is 0 Å². The Hall–Kier alpha value is -1.39. The van der Waals surface area contributed by atoms with Gasteiger partial charge in [-0.2, -0.15) is 0 Å². The van der Waals surface area contributed by atoms with E-state index in [0.717, 1.165) is 32.6 Å². The van der Waals surface area contributed by atoms with Gasteiger partial charge in [-0.15, -0.1) is 24.8 Å². The fraction of sp³-hybridized carbons (Fsp3) is 0.409. The van der Waals surface area contributed by atoms with Crippen LogP contribution >= 0.6 is 24.8 Å². The molecule has 2 saturated heterocycles. The number of piperidine rings is 1. The average molecular weight is 407 g/mol. The molecule has 0 bridgehead atoms. The van der Waals surface area contributed by atoms with Crippen molar-refractivity contribution in [3.8, 4) is 0 Å². The van der Waals surface area contributed by atoms with Gasteiger partial charge in [0.1, 0.15) is 5.78 Å². The maximum Gasteiger partial charge on any atom is 0.137 e. The van der Waals surface area contributed by atoms with Gasteiger partial charge in [0.05, 0.1) is 0 Å². The lowest BCUT2D eigenvalue weighted by molar-refractivity contribution is -0.131. The van der Waals surface area contributed by atoms with E-state index >= 15 is 0 Å². The molecule has 0 amide bonds. The van der Waals surface area contributed by atoms with Crippen molar-refractivity contribution in [2.75, 3.05) is 19.6 Å². The Morgan fingerprint density at radius 1 is 1.07 bits per heavy atom. The molecule has 146 valence electrons. The predicted octanol–water partition coefficient (Wildman–Crippen LogP) is 4.27. The second-order valence-corrected chi connectivity index (χ2v) is 7.56. The van der Waals surface area contributed by atoms with Gasteiger partial charge in [0, 0.05) is 37.0 Å². The molecule has 0 aliphatic carbocycles. The monoisotopic (exact) mass is 406 g/mol. The van der Waals surface area contributed by atoms with Gasteiger partial charge in [0.15, 0.2) is 0 Å². The zero-order valence-corrected chi connectivity index (χ0v) is 17.3. The van der Waals surface area contributed by atoms with E-state index in [1.807, 2.05) is 0 Å². The molecule has 2 aromatic carbocycles. The lowest BCUT2D eigenvalue weighted by Gasteiger charge is -2.43. The van der Waals surface area contributed by atoms with Gasteiger partial charge in [-0.05, 0) is 31.0 Å². The van der Waals surface area contributed by atoms with Crippen LogP contribution in [0.4, 0.5) is 0 Å². The van der Waals surface area contributed by atoms with Crippen molar-refractivity contribution in [2.24, 2.45) is 11.3 Å². The third-order valence-electron chi connectivity index (χ3n) is 6.19. The largest absolute Gasteiger partial charge is 0.309 e. The number of benzene rings is 2. The highest BCUT2D eigenvalue weighted by atomic mass is 35.5. The van der Waals surface area contributed by atoms with Crippen molar-refractivity contribution in [1.82, 2.24) is 10.2 Å². The van der Waals surface area contributed by atoms with Crippen LogP contribution in [0, 0.1) is 11.3 Å². The molecule has 0 unspecified atom stereocenters. The summed E-state index contributed by atoms with van der Waals surface area (Å²) in [5, 5.41) is 3.67. The van der Waals surface area contributed by atoms with Gasteiger partial charge >= 0.3 is 0 Å². The Bertz CT molecular complexity index is 740. The second kappa shape index (κ2) is 9.20. The van der Waals surface area contributed by atoms with E-state index in [-0.39, 0.29) is 36.3 Å². The Labute approximate surface area is 174 Å². The standard InChI is InChI=1S/C22H26N2O.2ClH/c1-17(25)22-12-13-24(14-18-8-4-2-5-9-18)15-20(22)21(23-16-22)19-10-6-3-7-11-19;;/h2-11,20-21,23H,12-16H2,1H3;2*1H/t20-,21-,22+;;/m1../s1. The highest BCUT2D eigenvalue weighted by molar-refractivity contribution is 5.85. The quantitative estimate of drug-likeness (QED) is 0.822. The molecular weight excluding hydrogens is 379 g/mol. The van der Waals surface area contributed by atoms with E-state index in [4.69, 9.17) is 0 Å². The first kappa shape index (κ1) is 21.9. The number of hydrogen-bond acceptors (Lipinski definition) is 3. The lowest BCUT2D eigenvalue weighted by Crippen LogP contribution is -2.50. The summed E-state index contributed by atoms with van der Waals surface area (Å²) in [5.74, 6) is 0.688. The molecule has 1 N–H and O–H groups in total. The number of nitrogens with one attached hydrogen (secondary N) is 1. The normalized spacial score (nSPS) is 27.1. The van der Waals surface area contributed by atoms with Crippen LogP contribution in [0.1, 0.15) is 30.5 Å². The third kappa shape index (κ3) is 4.22. The Kier molecular flexibility index (Phi) is 7.47. The van der Waals surface area contributed by atoms with Crippen LogP contribution in [0.2, 0.25) is 0 Å². The highest BCUT2D eigenvalue weighted by Gasteiger charge is 2.54. The van der Waals surface area contributed by atoms with Crippen LogP contribution in [-0.4, -0.2) is 30.3 Å². The zero-order chi connectivity index (χ0) is 17.3. The Balaban J connectivity index is 0.00000131. The van der Waals surface area contributed by atoms with Crippen molar-refractivity contribution in [1.29, 1.82) is 0 Å². The van der Waals surface area contributed by atoms with Crippen molar-refractivity contribution >= 4 is 30.6 Å². The number of fused-ring (bicyclic) bond motifs is 1. The van der Waals surface area contributed by atoms with Crippen molar-refractivity contribution < 1.29 is 4.79 Å². The lowest BCUT2D eigenvalue weighted by atomic mass is 9.67. The summed E-state index contributed by atoms with van der Waals surface area (Å²) in [4.78, 5) is 15.1. The Morgan fingerprint density at radius 2 is 1.70 bits per heavy atom. The maximum atomic E-state index is 12.6. The number of nitrogens with zero attached hydrogens (tertiary/aromatic N) is 1. The minimum absolute atomic E-state index is 0. The topological polar surface area (TPSA) is 32.3 Å². The third-order valence-corrected chi connectivity index (χ3v) is 6.19. The molecule has 0 radical (unpaired) electrons. The molecule has 2 fully saturated rings. The maximum absolute atomic E-state index is 12.6. The molecule has 2 aliphatic heterocycles. The molecule has 3 atom stereocenters. The van der Waals surface area contributed by atoms with Crippen LogP contribution in [-0.2, 0) is 11.3 Å². The predicted molar refractivity (Wildman–Crippen MR) is 115 cm³/mol. The molecule has 2 heterocycles. The first-order chi connectivity index (χ1) is 12.2. The number of carbonyl (C=O) groups is 1. The summed E-state index contributed by atoms with van der Waals surface area (Å²) in [6.45, 7) is 5.53.